The van der Waals surface area contributed by atoms with E-state index in [-0.39, 0.29) is 5.91 Å². The molecule has 1 unspecified atom stereocenters. The molecule has 0 saturated heterocycles. The van der Waals surface area contributed by atoms with Gasteiger partial charge in [-0.25, -0.2) is 0 Å². The minimum Gasteiger partial charge on any atom is -0.311 e. The number of anilines is 1. The predicted octanol–water partition coefficient (Wildman–Crippen LogP) is 2.05. The van der Waals surface area contributed by atoms with Crippen molar-refractivity contribution in [2.45, 2.75) is 12.6 Å². The van der Waals surface area contributed by atoms with Gasteiger partial charge in [-0.05, 0) is 23.8 Å². The highest BCUT2D eigenvalue weighted by atomic mass is 16.2. The molecule has 2 N–H and O–H groups in total. The Hall–Kier alpha value is -2.64. The number of fused-ring (bicyclic) bond motifs is 1. The first-order chi connectivity index (χ1) is 9.72. The van der Waals surface area contributed by atoms with E-state index in [0.717, 1.165) is 5.56 Å². The van der Waals surface area contributed by atoms with Crippen LogP contribution in [-0.4, -0.2) is 12.1 Å². The third-order valence-electron chi connectivity index (χ3n) is 3.51. The number of nitrogens with two attached hydrogens (primary N) is 1. The van der Waals surface area contributed by atoms with E-state index in [1.54, 1.807) is 30.3 Å². The quantitative estimate of drug-likeness (QED) is 0.856. The molecule has 1 atom stereocenters. The Balaban J connectivity index is 2.12. The summed E-state index contributed by atoms with van der Waals surface area (Å²) in [5.74, 6) is -0.151. The number of hydrogen-bond acceptors (Lipinski definition) is 3. The summed E-state index contributed by atoms with van der Waals surface area (Å²) < 4.78 is 0. The number of para-hydroxylation sites is 1. The Morgan fingerprint density at radius 2 is 1.85 bits per heavy atom. The van der Waals surface area contributed by atoms with Crippen LogP contribution in [0.1, 0.15) is 21.5 Å². The Morgan fingerprint density at radius 3 is 2.65 bits per heavy atom. The number of benzene rings is 2. The van der Waals surface area contributed by atoms with Gasteiger partial charge < -0.3 is 5.73 Å². The lowest BCUT2D eigenvalue weighted by molar-refractivity contribution is 0.0968. The first kappa shape index (κ1) is 12.4. The standard InChI is InChI=1S/C16H13N3O/c17-10-12-6-2-4-8-14(12)19-15(18)9-11-5-1-3-7-13(11)16(19)20/h1-8,15H,9,18H2. The third-order valence-corrected chi connectivity index (χ3v) is 3.51. The zero-order chi connectivity index (χ0) is 14.1. The van der Waals surface area contributed by atoms with Crippen LogP contribution in [0, 0.1) is 11.3 Å². The molecule has 3 rings (SSSR count). The Bertz CT molecular complexity index is 718. The number of carbonyl (C=O) groups excluding carboxylic acids is 1. The molecule has 1 amide bonds. The summed E-state index contributed by atoms with van der Waals surface area (Å²) in [6, 6.07) is 16.6. The van der Waals surface area contributed by atoms with Crippen molar-refractivity contribution in [1.82, 2.24) is 0 Å². The number of nitriles is 1. The smallest absolute Gasteiger partial charge is 0.259 e. The fourth-order valence-corrected chi connectivity index (χ4v) is 2.57. The zero-order valence-corrected chi connectivity index (χ0v) is 10.8. The molecule has 2 aromatic rings. The van der Waals surface area contributed by atoms with Crippen LogP contribution in [0.15, 0.2) is 48.5 Å². The van der Waals surface area contributed by atoms with Crippen molar-refractivity contribution in [3.8, 4) is 6.07 Å². The lowest BCUT2D eigenvalue weighted by Gasteiger charge is -2.34. The predicted molar refractivity (Wildman–Crippen MR) is 76.1 cm³/mol. The first-order valence-electron chi connectivity index (χ1n) is 6.38. The molecule has 2 aromatic carbocycles. The molecule has 0 spiro atoms. The van der Waals surface area contributed by atoms with Gasteiger partial charge in [0, 0.05) is 12.0 Å². The van der Waals surface area contributed by atoms with Gasteiger partial charge in [-0.3, -0.25) is 9.69 Å². The number of hydrogen-bond donors (Lipinski definition) is 1. The summed E-state index contributed by atoms with van der Waals surface area (Å²) in [7, 11) is 0. The Morgan fingerprint density at radius 1 is 1.15 bits per heavy atom. The van der Waals surface area contributed by atoms with Crippen LogP contribution in [0.4, 0.5) is 5.69 Å². The van der Waals surface area contributed by atoms with Crippen LogP contribution in [0.5, 0.6) is 0 Å². The summed E-state index contributed by atoms with van der Waals surface area (Å²) >= 11 is 0. The SMILES string of the molecule is N#Cc1ccccc1N1C(=O)c2ccccc2CC1N. The lowest BCUT2D eigenvalue weighted by atomic mass is 9.96. The van der Waals surface area contributed by atoms with Crippen molar-refractivity contribution in [3.05, 3.63) is 65.2 Å². The Labute approximate surface area is 117 Å². The van der Waals surface area contributed by atoms with Crippen LogP contribution in [0.2, 0.25) is 0 Å². The van der Waals surface area contributed by atoms with Crippen molar-refractivity contribution in [2.24, 2.45) is 5.73 Å². The third kappa shape index (κ3) is 1.85. The maximum atomic E-state index is 12.6. The molecule has 0 saturated carbocycles. The number of carbonyl (C=O) groups is 1. The molecule has 0 aliphatic carbocycles. The average molecular weight is 263 g/mol. The van der Waals surface area contributed by atoms with Crippen molar-refractivity contribution >= 4 is 11.6 Å². The highest BCUT2D eigenvalue weighted by Crippen LogP contribution is 2.28. The van der Waals surface area contributed by atoms with Crippen molar-refractivity contribution < 1.29 is 4.79 Å². The molecule has 1 aliphatic rings. The van der Waals surface area contributed by atoms with Crippen LogP contribution in [-0.2, 0) is 6.42 Å². The maximum Gasteiger partial charge on any atom is 0.259 e. The van der Waals surface area contributed by atoms with Gasteiger partial charge in [-0.1, -0.05) is 30.3 Å². The molecule has 0 fully saturated rings. The lowest BCUT2D eigenvalue weighted by Crippen LogP contribution is -2.51. The van der Waals surface area contributed by atoms with E-state index < -0.39 is 6.17 Å². The van der Waals surface area contributed by atoms with E-state index in [1.807, 2.05) is 18.2 Å². The zero-order valence-electron chi connectivity index (χ0n) is 10.8. The summed E-state index contributed by atoms with van der Waals surface area (Å²) in [6.07, 6.45) is 0.133. The fraction of sp³-hybridized carbons (Fsp3) is 0.125. The van der Waals surface area contributed by atoms with E-state index in [2.05, 4.69) is 6.07 Å². The second-order valence-corrected chi connectivity index (χ2v) is 4.73. The van der Waals surface area contributed by atoms with Gasteiger partial charge in [0.1, 0.15) is 6.07 Å². The van der Waals surface area contributed by atoms with Crippen molar-refractivity contribution in [2.75, 3.05) is 4.90 Å². The van der Waals surface area contributed by atoms with Crippen LogP contribution >= 0.6 is 0 Å². The molecule has 0 aromatic heterocycles. The van der Waals surface area contributed by atoms with Crippen molar-refractivity contribution in [1.29, 1.82) is 5.26 Å². The molecule has 1 aliphatic heterocycles. The van der Waals surface area contributed by atoms with E-state index in [9.17, 15) is 10.1 Å². The van der Waals surface area contributed by atoms with E-state index in [0.29, 0.717) is 23.2 Å². The van der Waals surface area contributed by atoms with E-state index >= 15 is 0 Å². The first-order valence-corrected chi connectivity index (χ1v) is 6.38. The van der Waals surface area contributed by atoms with Gasteiger partial charge in [0.05, 0.1) is 17.4 Å². The van der Waals surface area contributed by atoms with E-state index in [1.165, 1.54) is 4.90 Å². The molecule has 98 valence electrons. The normalized spacial score (nSPS) is 17.5. The topological polar surface area (TPSA) is 70.1 Å². The van der Waals surface area contributed by atoms with Crippen LogP contribution < -0.4 is 10.6 Å². The van der Waals surface area contributed by atoms with Crippen LogP contribution in [0.3, 0.4) is 0 Å². The molecule has 0 radical (unpaired) electrons. The highest BCUT2D eigenvalue weighted by molar-refractivity contribution is 6.09. The minimum atomic E-state index is -0.452. The summed E-state index contributed by atoms with van der Waals surface area (Å²) in [5.41, 5.74) is 8.77. The minimum absolute atomic E-state index is 0.151. The summed E-state index contributed by atoms with van der Waals surface area (Å²) in [4.78, 5) is 14.1. The van der Waals surface area contributed by atoms with Gasteiger partial charge in [0.2, 0.25) is 0 Å². The summed E-state index contributed by atoms with van der Waals surface area (Å²) in [6.45, 7) is 0. The van der Waals surface area contributed by atoms with Crippen molar-refractivity contribution in [3.63, 3.8) is 0 Å². The average Bonchev–Trinajstić information content (AvgIpc) is 2.48. The van der Waals surface area contributed by atoms with Gasteiger partial charge in [0.15, 0.2) is 0 Å². The molecular formula is C16H13N3O. The molecule has 0 bridgehead atoms. The fourth-order valence-electron chi connectivity index (χ4n) is 2.57. The molecule has 4 heteroatoms. The number of rotatable bonds is 1. The largest absolute Gasteiger partial charge is 0.311 e. The second kappa shape index (κ2) is 4.80. The molecule has 1 heterocycles. The molecule has 4 nitrogen and oxygen atoms in total. The van der Waals surface area contributed by atoms with E-state index in [4.69, 9.17) is 5.73 Å². The maximum absolute atomic E-state index is 12.6. The summed E-state index contributed by atoms with van der Waals surface area (Å²) in [5, 5.41) is 9.19. The monoisotopic (exact) mass is 263 g/mol. The molecular weight excluding hydrogens is 250 g/mol. The Kier molecular flexibility index (Phi) is 2.97. The van der Waals surface area contributed by atoms with Gasteiger partial charge in [0.25, 0.3) is 5.91 Å². The van der Waals surface area contributed by atoms with Crippen LogP contribution in [0.25, 0.3) is 0 Å². The van der Waals surface area contributed by atoms with Gasteiger partial charge in [-0.2, -0.15) is 5.26 Å². The number of nitrogens with zero attached hydrogens (tertiary/aromatic N) is 2. The van der Waals surface area contributed by atoms with Gasteiger partial charge in [-0.15, -0.1) is 0 Å². The van der Waals surface area contributed by atoms with Gasteiger partial charge >= 0.3 is 0 Å². The highest BCUT2D eigenvalue weighted by Gasteiger charge is 2.32. The second-order valence-electron chi connectivity index (χ2n) is 4.73. The molecule has 20 heavy (non-hydrogen) atoms. The number of amides is 1.